The normalized spacial score (nSPS) is 20.5. The molecule has 2 aliphatic rings. The van der Waals surface area contributed by atoms with Crippen LogP contribution in [0.15, 0.2) is 53.4 Å². The molecule has 24 heavy (non-hydrogen) atoms. The van der Waals surface area contributed by atoms with Crippen LogP contribution in [0, 0.1) is 5.92 Å². The largest absolute Gasteiger partial charge is 0.328 e. The number of urea groups is 1. The van der Waals surface area contributed by atoms with E-state index in [1.807, 2.05) is 48.5 Å². The first-order valence-corrected chi connectivity index (χ1v) is 8.59. The number of amides is 4. The van der Waals surface area contributed by atoms with Gasteiger partial charge in [0.15, 0.2) is 0 Å². The van der Waals surface area contributed by atoms with Crippen molar-refractivity contribution in [2.45, 2.75) is 16.6 Å². The Kier molecular flexibility index (Phi) is 3.61. The Bertz CT molecular complexity index is 797. The van der Waals surface area contributed by atoms with Crippen molar-refractivity contribution in [3.05, 3.63) is 65.2 Å². The fraction of sp³-hybridized carbons (Fsp3) is 0.167. The zero-order valence-electron chi connectivity index (χ0n) is 12.6. The average Bonchev–Trinajstić information content (AvgIpc) is 2.72. The number of imide groups is 2. The van der Waals surface area contributed by atoms with Gasteiger partial charge in [-0.2, -0.15) is 0 Å². The van der Waals surface area contributed by atoms with Crippen molar-refractivity contribution < 1.29 is 14.4 Å². The third-order valence-electron chi connectivity index (χ3n) is 4.40. The molecule has 4 amide bonds. The van der Waals surface area contributed by atoms with E-state index in [0.29, 0.717) is 0 Å². The molecule has 2 aromatic carbocycles. The van der Waals surface area contributed by atoms with E-state index in [1.54, 1.807) is 11.8 Å². The summed E-state index contributed by atoms with van der Waals surface area (Å²) in [5.74, 6) is -1.71. The topological polar surface area (TPSA) is 75.3 Å². The summed E-state index contributed by atoms with van der Waals surface area (Å²) in [5.41, 5.74) is 3.00. The monoisotopic (exact) mass is 338 g/mol. The van der Waals surface area contributed by atoms with Gasteiger partial charge < -0.3 is 0 Å². The maximum atomic E-state index is 12.4. The molecule has 0 unspecified atom stereocenters. The molecule has 120 valence electrons. The van der Waals surface area contributed by atoms with Crippen LogP contribution in [0.2, 0.25) is 0 Å². The summed E-state index contributed by atoms with van der Waals surface area (Å²) in [6.07, 6.45) is 0. The zero-order valence-corrected chi connectivity index (χ0v) is 13.4. The van der Waals surface area contributed by atoms with Gasteiger partial charge in [-0.25, -0.2) is 4.79 Å². The molecule has 0 aromatic heterocycles. The maximum Gasteiger partial charge on any atom is 0.328 e. The van der Waals surface area contributed by atoms with Gasteiger partial charge in [-0.15, -0.1) is 11.8 Å². The van der Waals surface area contributed by atoms with Crippen LogP contribution in [0.1, 0.15) is 22.6 Å². The van der Waals surface area contributed by atoms with Crippen LogP contribution in [-0.2, 0) is 15.3 Å². The first-order valence-electron chi connectivity index (χ1n) is 7.60. The van der Waals surface area contributed by atoms with E-state index in [0.717, 1.165) is 27.3 Å². The minimum atomic E-state index is -0.969. The number of carbonyl (C=O) groups excluding carboxylic acids is 3. The molecule has 0 aliphatic carbocycles. The van der Waals surface area contributed by atoms with Gasteiger partial charge in [-0.1, -0.05) is 42.5 Å². The first kappa shape index (κ1) is 15.0. The van der Waals surface area contributed by atoms with E-state index in [2.05, 4.69) is 10.6 Å². The summed E-state index contributed by atoms with van der Waals surface area (Å²) < 4.78 is 0. The number of benzene rings is 2. The van der Waals surface area contributed by atoms with E-state index in [4.69, 9.17) is 0 Å². The van der Waals surface area contributed by atoms with E-state index < -0.39 is 29.7 Å². The van der Waals surface area contributed by atoms with Crippen molar-refractivity contribution in [3.8, 4) is 0 Å². The highest BCUT2D eigenvalue weighted by molar-refractivity contribution is 7.98. The zero-order chi connectivity index (χ0) is 16.7. The van der Waals surface area contributed by atoms with E-state index in [-0.39, 0.29) is 0 Å². The molecule has 0 spiro atoms. The van der Waals surface area contributed by atoms with E-state index in [1.165, 1.54) is 0 Å². The third kappa shape index (κ3) is 2.39. The second kappa shape index (κ2) is 5.79. The predicted molar refractivity (Wildman–Crippen MR) is 89.5 cm³/mol. The lowest BCUT2D eigenvalue weighted by Crippen LogP contribution is -2.57. The van der Waals surface area contributed by atoms with Crippen molar-refractivity contribution in [1.82, 2.24) is 10.6 Å². The second-order valence-electron chi connectivity index (χ2n) is 5.79. The van der Waals surface area contributed by atoms with Gasteiger partial charge in [0.1, 0.15) is 5.92 Å². The van der Waals surface area contributed by atoms with Gasteiger partial charge in [-0.05, 0) is 22.8 Å². The van der Waals surface area contributed by atoms with Crippen LogP contribution in [0.4, 0.5) is 4.79 Å². The minimum absolute atomic E-state index is 0.416. The Morgan fingerprint density at radius 1 is 0.792 bits per heavy atom. The van der Waals surface area contributed by atoms with Gasteiger partial charge in [0.2, 0.25) is 11.8 Å². The lowest BCUT2D eigenvalue weighted by atomic mass is 9.77. The molecular weight excluding hydrogens is 324 g/mol. The van der Waals surface area contributed by atoms with Crippen molar-refractivity contribution in [1.29, 1.82) is 0 Å². The fourth-order valence-corrected chi connectivity index (χ4v) is 4.46. The molecule has 0 saturated carbocycles. The van der Waals surface area contributed by atoms with Gasteiger partial charge in [-0.3, -0.25) is 20.2 Å². The Labute approximate surface area is 142 Å². The highest BCUT2D eigenvalue weighted by Crippen LogP contribution is 2.44. The standard InChI is InChI=1S/C18H14N2O3S/c21-16-15(17(22)20-18(23)19-16)14-11-6-2-1-5-10(11)9-24-13-8-4-3-7-12(13)14/h1-8,14-15H,9H2,(H2,19,20,21,22,23)/t14-/m0/s1. The van der Waals surface area contributed by atoms with Crippen LogP contribution >= 0.6 is 11.8 Å². The molecule has 1 fully saturated rings. The number of nitrogens with one attached hydrogen (secondary N) is 2. The molecule has 1 atom stereocenters. The highest BCUT2D eigenvalue weighted by atomic mass is 32.2. The van der Waals surface area contributed by atoms with Crippen molar-refractivity contribution in [3.63, 3.8) is 0 Å². The van der Waals surface area contributed by atoms with Crippen LogP contribution in [0.3, 0.4) is 0 Å². The second-order valence-corrected chi connectivity index (χ2v) is 6.81. The summed E-state index contributed by atoms with van der Waals surface area (Å²) >= 11 is 1.69. The molecule has 2 aliphatic heterocycles. The Morgan fingerprint density at radius 2 is 1.42 bits per heavy atom. The molecule has 6 heteroatoms. The highest BCUT2D eigenvalue weighted by Gasteiger charge is 2.43. The van der Waals surface area contributed by atoms with E-state index in [9.17, 15) is 14.4 Å². The molecule has 2 N–H and O–H groups in total. The molecule has 2 heterocycles. The number of fused-ring (bicyclic) bond motifs is 2. The third-order valence-corrected chi connectivity index (χ3v) is 5.54. The van der Waals surface area contributed by atoms with E-state index >= 15 is 0 Å². The molecule has 4 rings (SSSR count). The number of hydrogen-bond donors (Lipinski definition) is 2. The predicted octanol–water partition coefficient (Wildman–Crippen LogP) is 2.41. The van der Waals surface area contributed by atoms with Crippen LogP contribution in [0.5, 0.6) is 0 Å². The van der Waals surface area contributed by atoms with Crippen molar-refractivity contribution >= 4 is 29.6 Å². The molecule has 0 bridgehead atoms. The van der Waals surface area contributed by atoms with Crippen LogP contribution in [0.25, 0.3) is 0 Å². The summed E-state index contributed by atoms with van der Waals surface area (Å²) in [4.78, 5) is 37.3. The van der Waals surface area contributed by atoms with Gasteiger partial charge in [0.05, 0.1) is 0 Å². The maximum absolute atomic E-state index is 12.4. The quantitative estimate of drug-likeness (QED) is 0.783. The number of hydrogen-bond acceptors (Lipinski definition) is 4. The Balaban J connectivity index is 1.91. The summed E-state index contributed by atoms with van der Waals surface area (Å²) in [6, 6.07) is 14.9. The number of carbonyl (C=O) groups is 3. The number of thioether (sulfide) groups is 1. The Hall–Kier alpha value is -2.60. The van der Waals surface area contributed by atoms with Crippen molar-refractivity contribution in [2.75, 3.05) is 0 Å². The fourth-order valence-electron chi connectivity index (χ4n) is 3.35. The molecule has 0 radical (unpaired) electrons. The summed E-state index contributed by atoms with van der Waals surface area (Å²) in [6.45, 7) is 0. The van der Waals surface area contributed by atoms with Gasteiger partial charge in [0.25, 0.3) is 0 Å². The molecular formula is C18H14N2O3S. The Morgan fingerprint density at radius 3 is 2.17 bits per heavy atom. The van der Waals surface area contributed by atoms with Crippen LogP contribution < -0.4 is 10.6 Å². The van der Waals surface area contributed by atoms with Gasteiger partial charge >= 0.3 is 6.03 Å². The lowest BCUT2D eigenvalue weighted by molar-refractivity contribution is -0.136. The summed E-state index contributed by atoms with van der Waals surface area (Å²) in [5, 5.41) is 4.44. The lowest BCUT2D eigenvalue weighted by Gasteiger charge is -2.29. The molecule has 2 aromatic rings. The van der Waals surface area contributed by atoms with Crippen molar-refractivity contribution in [2.24, 2.45) is 5.92 Å². The van der Waals surface area contributed by atoms with Gasteiger partial charge in [0, 0.05) is 16.6 Å². The van der Waals surface area contributed by atoms with Crippen LogP contribution in [-0.4, -0.2) is 17.8 Å². The summed E-state index contributed by atoms with van der Waals surface area (Å²) in [7, 11) is 0. The number of rotatable bonds is 1. The first-order chi connectivity index (χ1) is 11.6. The minimum Gasteiger partial charge on any atom is -0.277 e. The average molecular weight is 338 g/mol. The number of barbiturate groups is 1. The smallest absolute Gasteiger partial charge is 0.277 e. The molecule has 5 nitrogen and oxygen atoms in total. The SMILES string of the molecule is O=C1NC(=O)C([C@H]2c3ccccc3CSc3ccccc32)C(=O)N1. The molecule has 1 saturated heterocycles.